The molecule has 2 aromatic heterocycles. The number of aryl methyl sites for hydroxylation is 2. The Balaban J connectivity index is 1.64. The van der Waals surface area contributed by atoms with Crippen molar-refractivity contribution in [2.24, 2.45) is 13.0 Å². The second-order valence-electron chi connectivity index (χ2n) is 5.99. The van der Waals surface area contributed by atoms with Gasteiger partial charge in [0.25, 0.3) is 0 Å². The van der Waals surface area contributed by atoms with E-state index in [1.54, 1.807) is 6.20 Å². The smallest absolute Gasteiger partial charge is 0.137 e. The fourth-order valence-electron chi connectivity index (χ4n) is 3.16. The predicted octanol–water partition coefficient (Wildman–Crippen LogP) is 2.27. The van der Waals surface area contributed by atoms with Gasteiger partial charge in [0.05, 0.1) is 6.54 Å². The number of furan rings is 1. The first-order valence-corrected chi connectivity index (χ1v) is 7.56. The number of aliphatic hydroxyl groups excluding tert-OH is 1. The Morgan fingerprint density at radius 3 is 3.00 bits per heavy atom. The molecule has 2 atom stereocenters. The van der Waals surface area contributed by atoms with E-state index in [-0.39, 0.29) is 5.92 Å². The summed E-state index contributed by atoms with van der Waals surface area (Å²) in [5.74, 6) is 2.94. The number of nitrogens with zero attached hydrogens (tertiary/aromatic N) is 3. The fourth-order valence-corrected chi connectivity index (χ4v) is 3.16. The van der Waals surface area contributed by atoms with E-state index in [4.69, 9.17) is 4.42 Å². The molecule has 0 saturated carbocycles. The van der Waals surface area contributed by atoms with Gasteiger partial charge in [0.1, 0.15) is 23.4 Å². The molecule has 0 radical (unpaired) electrons. The molecular formula is C16H23N3O2. The van der Waals surface area contributed by atoms with Crippen LogP contribution >= 0.6 is 0 Å². The molecule has 5 nitrogen and oxygen atoms in total. The molecule has 1 fully saturated rings. The Labute approximate surface area is 125 Å². The summed E-state index contributed by atoms with van der Waals surface area (Å²) < 4.78 is 7.55. The number of rotatable bonds is 4. The molecule has 3 heterocycles. The fraction of sp³-hybridized carbons (Fsp3) is 0.562. The summed E-state index contributed by atoms with van der Waals surface area (Å²) in [5.41, 5.74) is 0. The van der Waals surface area contributed by atoms with Gasteiger partial charge in [0.2, 0.25) is 0 Å². The van der Waals surface area contributed by atoms with Crippen LogP contribution in [0.2, 0.25) is 0 Å². The normalized spacial score (nSPS) is 21.6. The highest BCUT2D eigenvalue weighted by Gasteiger charge is 2.29. The highest BCUT2D eigenvalue weighted by Crippen LogP contribution is 2.29. The van der Waals surface area contributed by atoms with Crippen LogP contribution in [0.1, 0.15) is 36.3 Å². The zero-order chi connectivity index (χ0) is 14.8. The summed E-state index contributed by atoms with van der Waals surface area (Å²) in [4.78, 5) is 6.64. The largest absolute Gasteiger partial charge is 0.465 e. The summed E-state index contributed by atoms with van der Waals surface area (Å²) in [6, 6.07) is 4.04. The SMILES string of the molecule is Cc1ccc(CN2CCCC(C(O)c3nccn3C)C2)o1. The summed E-state index contributed by atoms with van der Waals surface area (Å²) in [6.45, 7) is 4.72. The van der Waals surface area contributed by atoms with Gasteiger partial charge in [-0.25, -0.2) is 4.98 Å². The van der Waals surface area contributed by atoms with Crippen molar-refractivity contribution in [2.45, 2.75) is 32.4 Å². The minimum absolute atomic E-state index is 0.232. The van der Waals surface area contributed by atoms with Crippen LogP contribution in [0.5, 0.6) is 0 Å². The van der Waals surface area contributed by atoms with Crippen LogP contribution in [0.25, 0.3) is 0 Å². The van der Waals surface area contributed by atoms with Gasteiger partial charge in [0, 0.05) is 31.9 Å². The van der Waals surface area contributed by atoms with E-state index < -0.39 is 6.10 Å². The number of imidazole rings is 1. The number of hydrogen-bond acceptors (Lipinski definition) is 4. The number of aromatic nitrogens is 2. The minimum atomic E-state index is -0.494. The third-order valence-electron chi connectivity index (χ3n) is 4.29. The number of likely N-dealkylation sites (tertiary alicyclic amines) is 1. The molecule has 2 unspecified atom stereocenters. The van der Waals surface area contributed by atoms with Gasteiger partial charge in [-0.05, 0) is 38.4 Å². The minimum Gasteiger partial charge on any atom is -0.465 e. The molecule has 1 saturated heterocycles. The summed E-state index contributed by atoms with van der Waals surface area (Å²) in [6.07, 6.45) is 5.27. The highest BCUT2D eigenvalue weighted by atomic mass is 16.3. The molecule has 0 bridgehead atoms. The van der Waals surface area contributed by atoms with Gasteiger partial charge in [0.15, 0.2) is 0 Å². The van der Waals surface area contributed by atoms with Gasteiger partial charge in [-0.2, -0.15) is 0 Å². The first kappa shape index (κ1) is 14.4. The van der Waals surface area contributed by atoms with E-state index in [2.05, 4.69) is 9.88 Å². The van der Waals surface area contributed by atoms with Crippen molar-refractivity contribution in [3.8, 4) is 0 Å². The molecule has 1 aliphatic rings. The van der Waals surface area contributed by atoms with E-state index in [1.807, 2.05) is 36.9 Å². The molecule has 5 heteroatoms. The van der Waals surface area contributed by atoms with E-state index in [9.17, 15) is 5.11 Å². The molecule has 0 spiro atoms. The molecular weight excluding hydrogens is 266 g/mol. The van der Waals surface area contributed by atoms with Gasteiger partial charge in [-0.3, -0.25) is 4.90 Å². The summed E-state index contributed by atoms with van der Waals surface area (Å²) >= 11 is 0. The lowest BCUT2D eigenvalue weighted by molar-refractivity contribution is 0.0383. The molecule has 0 aromatic carbocycles. The molecule has 1 N–H and O–H groups in total. The third kappa shape index (κ3) is 3.19. The Bertz CT molecular complexity index is 590. The van der Waals surface area contributed by atoms with E-state index in [0.29, 0.717) is 0 Å². The molecule has 114 valence electrons. The van der Waals surface area contributed by atoms with Crippen LogP contribution in [-0.4, -0.2) is 32.6 Å². The topological polar surface area (TPSA) is 54.4 Å². The first-order valence-electron chi connectivity index (χ1n) is 7.56. The van der Waals surface area contributed by atoms with Crippen molar-refractivity contribution in [3.05, 3.63) is 41.9 Å². The van der Waals surface area contributed by atoms with Crippen LogP contribution in [0, 0.1) is 12.8 Å². The maximum atomic E-state index is 10.6. The quantitative estimate of drug-likeness (QED) is 0.938. The zero-order valence-electron chi connectivity index (χ0n) is 12.7. The van der Waals surface area contributed by atoms with Crippen LogP contribution < -0.4 is 0 Å². The Morgan fingerprint density at radius 2 is 2.33 bits per heavy atom. The molecule has 3 rings (SSSR count). The van der Waals surface area contributed by atoms with Crippen molar-refractivity contribution in [1.82, 2.24) is 14.5 Å². The molecule has 0 aliphatic carbocycles. The van der Waals surface area contributed by atoms with Gasteiger partial charge in [-0.1, -0.05) is 0 Å². The Hall–Kier alpha value is -1.59. The van der Waals surface area contributed by atoms with Crippen LogP contribution in [0.3, 0.4) is 0 Å². The number of piperidine rings is 1. The van der Waals surface area contributed by atoms with Gasteiger partial charge >= 0.3 is 0 Å². The average molecular weight is 289 g/mol. The Morgan fingerprint density at radius 1 is 1.48 bits per heavy atom. The van der Waals surface area contributed by atoms with Crippen molar-refractivity contribution in [3.63, 3.8) is 0 Å². The predicted molar refractivity (Wildman–Crippen MR) is 79.6 cm³/mol. The van der Waals surface area contributed by atoms with Crippen LogP contribution in [-0.2, 0) is 13.6 Å². The molecule has 2 aromatic rings. The van der Waals surface area contributed by atoms with Gasteiger partial charge < -0.3 is 14.1 Å². The average Bonchev–Trinajstić information content (AvgIpc) is 3.07. The lowest BCUT2D eigenvalue weighted by Gasteiger charge is -2.34. The summed E-state index contributed by atoms with van der Waals surface area (Å²) in [5, 5.41) is 10.6. The lowest BCUT2D eigenvalue weighted by atomic mass is 9.92. The standard InChI is InChI=1S/C16H23N3O2/c1-12-5-6-14(21-12)11-19-8-3-4-13(10-19)15(20)16-17-7-9-18(16)2/h5-7,9,13,15,20H,3-4,8,10-11H2,1-2H3. The second-order valence-corrected chi connectivity index (χ2v) is 5.99. The van der Waals surface area contributed by atoms with Crippen molar-refractivity contribution >= 4 is 0 Å². The van der Waals surface area contributed by atoms with Crippen molar-refractivity contribution in [1.29, 1.82) is 0 Å². The number of aliphatic hydroxyl groups is 1. The second kappa shape index (κ2) is 6.03. The van der Waals surface area contributed by atoms with E-state index in [0.717, 1.165) is 49.8 Å². The molecule has 1 aliphatic heterocycles. The zero-order valence-corrected chi connectivity index (χ0v) is 12.7. The first-order chi connectivity index (χ1) is 10.1. The van der Waals surface area contributed by atoms with Crippen LogP contribution in [0.4, 0.5) is 0 Å². The van der Waals surface area contributed by atoms with E-state index >= 15 is 0 Å². The third-order valence-corrected chi connectivity index (χ3v) is 4.29. The molecule has 21 heavy (non-hydrogen) atoms. The van der Waals surface area contributed by atoms with Crippen LogP contribution in [0.15, 0.2) is 28.9 Å². The maximum Gasteiger partial charge on any atom is 0.137 e. The Kier molecular flexibility index (Phi) is 4.12. The highest BCUT2D eigenvalue weighted by molar-refractivity contribution is 5.06. The maximum absolute atomic E-state index is 10.6. The lowest BCUT2D eigenvalue weighted by Crippen LogP contribution is -2.37. The summed E-state index contributed by atoms with van der Waals surface area (Å²) in [7, 11) is 1.93. The number of hydrogen-bond donors (Lipinski definition) is 1. The van der Waals surface area contributed by atoms with Crippen molar-refractivity contribution in [2.75, 3.05) is 13.1 Å². The van der Waals surface area contributed by atoms with Gasteiger partial charge in [-0.15, -0.1) is 0 Å². The monoisotopic (exact) mass is 289 g/mol. The van der Waals surface area contributed by atoms with Crippen molar-refractivity contribution < 1.29 is 9.52 Å². The van der Waals surface area contributed by atoms with E-state index in [1.165, 1.54) is 0 Å². The molecule has 0 amide bonds.